The van der Waals surface area contributed by atoms with Gasteiger partial charge < -0.3 is 0 Å². The van der Waals surface area contributed by atoms with E-state index in [0.29, 0.717) is 0 Å². The predicted octanol–water partition coefficient (Wildman–Crippen LogP) is -1.98. The number of aliphatic imine (C=N–C) groups is 1. The highest BCUT2D eigenvalue weighted by Gasteiger charge is 2.24. The van der Waals surface area contributed by atoms with Gasteiger partial charge in [-0.3, -0.25) is 25.2 Å². The minimum absolute atomic E-state index is 0.0105. The van der Waals surface area contributed by atoms with Crippen LogP contribution in [0.5, 0.6) is 0 Å². The maximum atomic E-state index is 11.1. The highest BCUT2D eigenvalue weighted by Crippen LogP contribution is 1.90. The Kier molecular flexibility index (Phi) is 3.40. The van der Waals surface area contributed by atoms with Gasteiger partial charge in [0.15, 0.2) is 9.84 Å². The third-order valence-corrected chi connectivity index (χ3v) is 3.47. The molecule has 1 saturated heterocycles. The van der Waals surface area contributed by atoms with Crippen LogP contribution in [0.2, 0.25) is 0 Å². The Balaban J connectivity index is 2.47. The fraction of sp³-hybridized carbons (Fsp3) is 0.571. The zero-order valence-electron chi connectivity index (χ0n) is 8.11. The van der Waals surface area contributed by atoms with Gasteiger partial charge in [0.1, 0.15) is 0 Å². The molecule has 1 aliphatic rings. The average Bonchev–Trinajstić information content (AvgIpc) is 2.46. The molecule has 0 bridgehead atoms. The molecule has 7 nitrogen and oxygen atoms in total. The van der Waals surface area contributed by atoms with E-state index in [9.17, 15) is 18.0 Å². The van der Waals surface area contributed by atoms with Crippen molar-refractivity contribution >= 4 is 27.6 Å². The summed E-state index contributed by atoms with van der Waals surface area (Å²) in [4.78, 5) is 25.1. The maximum Gasteiger partial charge on any atom is 0.316 e. The smallest absolute Gasteiger partial charge is 0.288 e. The molecule has 0 aromatic rings. The van der Waals surface area contributed by atoms with E-state index in [-0.39, 0.29) is 24.0 Å². The van der Waals surface area contributed by atoms with Crippen LogP contribution < -0.4 is 10.6 Å². The number of carbonyl (C=O) groups excluding carboxylic acids is 2. The summed E-state index contributed by atoms with van der Waals surface area (Å²) in [7, 11) is -3.07. The van der Waals surface area contributed by atoms with Crippen molar-refractivity contribution in [3.8, 4) is 0 Å². The highest BCUT2D eigenvalue weighted by molar-refractivity contribution is 7.91. The molecular weight excluding hydrogens is 222 g/mol. The van der Waals surface area contributed by atoms with Crippen LogP contribution in [0.3, 0.4) is 0 Å². The number of guanidine groups is 1. The summed E-state index contributed by atoms with van der Waals surface area (Å²) in [5.74, 6) is -1.61. The van der Waals surface area contributed by atoms with Gasteiger partial charge in [-0.2, -0.15) is 0 Å². The summed E-state index contributed by atoms with van der Waals surface area (Å²) in [6.45, 7) is 1.56. The van der Waals surface area contributed by atoms with E-state index in [1.54, 1.807) is 6.92 Å². The second-order valence-corrected chi connectivity index (χ2v) is 5.35. The predicted molar refractivity (Wildman–Crippen MR) is 52.9 cm³/mol. The van der Waals surface area contributed by atoms with E-state index in [2.05, 4.69) is 15.6 Å². The fourth-order valence-electron chi connectivity index (χ4n) is 0.880. The molecule has 0 aliphatic carbocycles. The summed E-state index contributed by atoms with van der Waals surface area (Å²) in [5.41, 5.74) is 0. The Hall–Kier alpha value is -1.44. The first-order valence-corrected chi connectivity index (χ1v) is 6.14. The zero-order valence-corrected chi connectivity index (χ0v) is 8.93. The molecule has 0 saturated carbocycles. The highest BCUT2D eigenvalue weighted by atomic mass is 32.2. The summed E-state index contributed by atoms with van der Waals surface area (Å²) < 4.78 is 22.1. The monoisotopic (exact) mass is 233 g/mol. The molecule has 15 heavy (non-hydrogen) atoms. The van der Waals surface area contributed by atoms with E-state index < -0.39 is 21.7 Å². The van der Waals surface area contributed by atoms with Gasteiger partial charge in [0.05, 0.1) is 12.3 Å². The van der Waals surface area contributed by atoms with Gasteiger partial charge in [-0.1, -0.05) is 6.92 Å². The van der Waals surface area contributed by atoms with Crippen LogP contribution in [0.1, 0.15) is 6.92 Å². The second kappa shape index (κ2) is 4.39. The first kappa shape index (κ1) is 11.6. The number of rotatable bonds is 4. The van der Waals surface area contributed by atoms with Crippen molar-refractivity contribution in [2.24, 2.45) is 4.99 Å². The van der Waals surface area contributed by atoms with Crippen LogP contribution >= 0.6 is 0 Å². The van der Waals surface area contributed by atoms with Gasteiger partial charge in [-0.05, 0) is 0 Å². The van der Waals surface area contributed by atoms with Crippen molar-refractivity contribution in [2.45, 2.75) is 6.92 Å². The van der Waals surface area contributed by atoms with Crippen molar-refractivity contribution in [3.05, 3.63) is 0 Å². The summed E-state index contributed by atoms with van der Waals surface area (Å²) in [5, 5.41) is 4.33. The number of sulfone groups is 1. The van der Waals surface area contributed by atoms with Crippen LogP contribution in [0.15, 0.2) is 4.99 Å². The zero-order chi connectivity index (χ0) is 11.5. The lowest BCUT2D eigenvalue weighted by Gasteiger charge is -1.98. The Labute approximate surface area is 86.9 Å². The van der Waals surface area contributed by atoms with Crippen molar-refractivity contribution in [1.29, 1.82) is 0 Å². The number of nitrogens with one attached hydrogen (secondary N) is 2. The standard InChI is InChI=1S/C7H11N3O4S/c1-2-15(13,14)4-3-8-7-9-5(11)6(12)10-7/h2-4H2,1H3,(H2,8,9,10,11,12). The van der Waals surface area contributed by atoms with Gasteiger partial charge in [-0.15, -0.1) is 0 Å². The molecule has 1 heterocycles. The molecule has 8 heteroatoms. The lowest BCUT2D eigenvalue weighted by Crippen LogP contribution is -2.26. The van der Waals surface area contributed by atoms with Crippen LogP contribution in [-0.2, 0) is 19.4 Å². The molecule has 0 atom stereocenters. The Morgan fingerprint density at radius 1 is 1.20 bits per heavy atom. The largest absolute Gasteiger partial charge is 0.316 e. The molecule has 2 amide bonds. The van der Waals surface area contributed by atoms with Gasteiger partial charge in [-0.25, -0.2) is 8.42 Å². The third kappa shape index (κ3) is 3.31. The number of amides is 2. The molecule has 2 N–H and O–H groups in total. The summed E-state index contributed by atoms with van der Waals surface area (Å²) >= 11 is 0. The lowest BCUT2D eigenvalue weighted by molar-refractivity contribution is -0.135. The molecule has 0 aromatic carbocycles. The molecule has 1 aliphatic heterocycles. The first-order chi connectivity index (χ1) is 6.94. The molecule has 0 aromatic heterocycles. The Morgan fingerprint density at radius 3 is 2.20 bits per heavy atom. The SMILES string of the molecule is CCS(=O)(=O)CCN=C1NC(=O)C(=O)N1. The average molecular weight is 233 g/mol. The normalized spacial score (nSPS) is 16.2. The quantitative estimate of drug-likeness (QED) is 0.549. The lowest BCUT2D eigenvalue weighted by atomic mass is 10.6. The van der Waals surface area contributed by atoms with Crippen molar-refractivity contribution < 1.29 is 18.0 Å². The van der Waals surface area contributed by atoms with Crippen LogP contribution in [0.25, 0.3) is 0 Å². The Bertz CT molecular complexity index is 394. The minimum atomic E-state index is -3.07. The minimum Gasteiger partial charge on any atom is -0.288 e. The van der Waals surface area contributed by atoms with Crippen molar-refractivity contribution in [2.75, 3.05) is 18.1 Å². The molecule has 1 fully saturated rings. The topological polar surface area (TPSA) is 105 Å². The third-order valence-electron chi connectivity index (χ3n) is 1.78. The van der Waals surface area contributed by atoms with Gasteiger partial charge >= 0.3 is 11.8 Å². The molecule has 1 rings (SSSR count). The van der Waals surface area contributed by atoms with Gasteiger partial charge in [0, 0.05) is 5.75 Å². The number of carbonyl (C=O) groups is 2. The number of nitrogens with zero attached hydrogens (tertiary/aromatic N) is 1. The van der Waals surface area contributed by atoms with Gasteiger partial charge in [0.2, 0.25) is 5.96 Å². The van der Waals surface area contributed by atoms with Crippen LogP contribution in [-0.4, -0.2) is 44.2 Å². The van der Waals surface area contributed by atoms with Crippen molar-refractivity contribution in [1.82, 2.24) is 10.6 Å². The first-order valence-electron chi connectivity index (χ1n) is 4.32. The molecule has 0 unspecified atom stereocenters. The van der Waals surface area contributed by atoms with E-state index in [4.69, 9.17) is 0 Å². The molecule has 0 radical (unpaired) electrons. The Morgan fingerprint density at radius 2 is 1.73 bits per heavy atom. The van der Waals surface area contributed by atoms with E-state index >= 15 is 0 Å². The van der Waals surface area contributed by atoms with E-state index in [0.717, 1.165) is 0 Å². The van der Waals surface area contributed by atoms with Crippen LogP contribution in [0.4, 0.5) is 0 Å². The second-order valence-electron chi connectivity index (χ2n) is 2.87. The van der Waals surface area contributed by atoms with E-state index in [1.807, 2.05) is 0 Å². The van der Waals surface area contributed by atoms with Crippen LogP contribution in [0, 0.1) is 0 Å². The van der Waals surface area contributed by atoms with E-state index in [1.165, 1.54) is 0 Å². The fourth-order valence-corrected chi connectivity index (χ4v) is 1.54. The maximum absolute atomic E-state index is 11.1. The number of hydrogen-bond donors (Lipinski definition) is 2. The van der Waals surface area contributed by atoms with Crippen molar-refractivity contribution in [3.63, 3.8) is 0 Å². The molecule has 0 spiro atoms. The number of hydrogen-bond acceptors (Lipinski definition) is 5. The summed E-state index contributed by atoms with van der Waals surface area (Å²) in [6.07, 6.45) is 0. The van der Waals surface area contributed by atoms with Gasteiger partial charge in [0.25, 0.3) is 0 Å². The molecule has 84 valence electrons. The summed E-state index contributed by atoms with van der Waals surface area (Å²) in [6, 6.07) is 0. The molecular formula is C7H11N3O4S.